The largest absolute Gasteiger partial charge is 0.481 e. The quantitative estimate of drug-likeness (QED) is 0.774. The van der Waals surface area contributed by atoms with E-state index in [-0.39, 0.29) is 11.8 Å². The van der Waals surface area contributed by atoms with Crippen molar-refractivity contribution in [3.05, 3.63) is 23.9 Å². The van der Waals surface area contributed by atoms with E-state index < -0.39 is 0 Å². The van der Waals surface area contributed by atoms with Gasteiger partial charge in [-0.15, -0.1) is 0 Å². The predicted octanol–water partition coefficient (Wildman–Crippen LogP) is 2.03. The van der Waals surface area contributed by atoms with E-state index in [1.807, 2.05) is 4.90 Å². The Morgan fingerprint density at radius 2 is 1.76 bits per heavy atom. The lowest BCUT2D eigenvalue weighted by atomic mass is 9.92. The highest BCUT2D eigenvalue weighted by molar-refractivity contribution is 5.94. The van der Waals surface area contributed by atoms with Gasteiger partial charge in [0.05, 0.1) is 13.0 Å². The minimum atomic E-state index is 0.0462. The maximum absolute atomic E-state index is 12.8. The Labute approximate surface area is 173 Å². The summed E-state index contributed by atoms with van der Waals surface area (Å²) in [4.78, 5) is 36.2. The van der Waals surface area contributed by atoms with Gasteiger partial charge < -0.3 is 14.5 Å². The van der Waals surface area contributed by atoms with Gasteiger partial charge in [0.1, 0.15) is 0 Å². The van der Waals surface area contributed by atoms with Crippen LogP contribution in [0.5, 0.6) is 5.88 Å². The number of rotatable bonds is 4. The maximum Gasteiger partial charge on any atom is 0.254 e. The zero-order valence-electron chi connectivity index (χ0n) is 17.4. The van der Waals surface area contributed by atoms with Crippen LogP contribution < -0.4 is 4.74 Å². The van der Waals surface area contributed by atoms with E-state index in [0.29, 0.717) is 23.4 Å². The second-order valence-corrected chi connectivity index (χ2v) is 8.48. The second kappa shape index (κ2) is 9.11. The van der Waals surface area contributed by atoms with Crippen molar-refractivity contribution in [3.63, 3.8) is 0 Å². The van der Waals surface area contributed by atoms with Crippen LogP contribution in [-0.2, 0) is 4.79 Å². The lowest BCUT2D eigenvalue weighted by Gasteiger charge is -2.42. The highest BCUT2D eigenvalue weighted by atomic mass is 16.5. The Hall–Kier alpha value is -2.15. The molecule has 4 rings (SSSR count). The predicted molar refractivity (Wildman–Crippen MR) is 110 cm³/mol. The third-order valence-electron chi connectivity index (χ3n) is 6.68. The second-order valence-electron chi connectivity index (χ2n) is 8.48. The molecule has 0 N–H and O–H groups in total. The van der Waals surface area contributed by atoms with E-state index >= 15 is 0 Å². The summed E-state index contributed by atoms with van der Waals surface area (Å²) in [6, 6.07) is 3.92. The molecule has 0 aromatic carbocycles. The van der Waals surface area contributed by atoms with Crippen LogP contribution in [0.15, 0.2) is 18.3 Å². The zero-order valence-corrected chi connectivity index (χ0v) is 17.4. The molecule has 1 aromatic rings. The number of hydrogen-bond donors (Lipinski definition) is 0. The Morgan fingerprint density at radius 3 is 2.48 bits per heavy atom. The number of carbonyl (C=O) groups is 2. The molecular weight excluding hydrogens is 368 g/mol. The molecule has 4 heterocycles. The molecule has 0 radical (unpaired) electrons. The Kier molecular flexibility index (Phi) is 6.33. The van der Waals surface area contributed by atoms with Crippen molar-refractivity contribution in [2.24, 2.45) is 5.92 Å². The van der Waals surface area contributed by atoms with Gasteiger partial charge in [0.25, 0.3) is 5.91 Å². The number of likely N-dealkylation sites (tertiary alicyclic amines) is 3. The minimum absolute atomic E-state index is 0.0462. The summed E-state index contributed by atoms with van der Waals surface area (Å²) in [6.45, 7) is 5.36. The monoisotopic (exact) mass is 400 g/mol. The van der Waals surface area contributed by atoms with Crippen molar-refractivity contribution in [3.8, 4) is 5.88 Å². The smallest absolute Gasteiger partial charge is 0.254 e. The summed E-state index contributed by atoms with van der Waals surface area (Å²) < 4.78 is 5.14. The van der Waals surface area contributed by atoms with Crippen LogP contribution in [0, 0.1) is 5.92 Å². The van der Waals surface area contributed by atoms with E-state index in [1.165, 1.54) is 0 Å². The molecule has 1 aromatic heterocycles. The Morgan fingerprint density at radius 1 is 1.00 bits per heavy atom. The van der Waals surface area contributed by atoms with Crippen LogP contribution in [0.1, 0.15) is 48.9 Å². The van der Waals surface area contributed by atoms with Gasteiger partial charge in [-0.05, 0) is 51.1 Å². The topological polar surface area (TPSA) is 66.0 Å². The van der Waals surface area contributed by atoms with Crippen molar-refractivity contribution < 1.29 is 14.3 Å². The van der Waals surface area contributed by atoms with E-state index in [1.54, 1.807) is 25.4 Å². The molecule has 29 heavy (non-hydrogen) atoms. The van der Waals surface area contributed by atoms with Crippen LogP contribution >= 0.6 is 0 Å². The minimum Gasteiger partial charge on any atom is -0.481 e. The zero-order chi connectivity index (χ0) is 20.2. The fourth-order valence-corrected chi connectivity index (χ4v) is 5.01. The van der Waals surface area contributed by atoms with E-state index in [4.69, 9.17) is 4.74 Å². The molecule has 0 spiro atoms. The Balaban J connectivity index is 1.30. The molecule has 3 aliphatic heterocycles. The molecule has 0 unspecified atom stereocenters. The molecule has 2 amide bonds. The molecule has 0 saturated carbocycles. The van der Waals surface area contributed by atoms with Crippen LogP contribution in [-0.4, -0.2) is 83.9 Å². The normalized spacial score (nSPS) is 24.0. The van der Waals surface area contributed by atoms with Gasteiger partial charge in [-0.25, -0.2) is 4.98 Å². The third-order valence-corrected chi connectivity index (χ3v) is 6.68. The van der Waals surface area contributed by atoms with Crippen LogP contribution in [0.3, 0.4) is 0 Å². The van der Waals surface area contributed by atoms with E-state index in [2.05, 4.69) is 14.8 Å². The first-order chi connectivity index (χ1) is 14.2. The fraction of sp³-hybridized carbons (Fsp3) is 0.682. The van der Waals surface area contributed by atoms with Crippen molar-refractivity contribution in [1.29, 1.82) is 0 Å². The molecule has 7 nitrogen and oxygen atoms in total. The molecule has 158 valence electrons. The fourth-order valence-electron chi connectivity index (χ4n) is 5.01. The van der Waals surface area contributed by atoms with Gasteiger partial charge in [-0.2, -0.15) is 0 Å². The molecule has 3 fully saturated rings. The first-order valence-electron chi connectivity index (χ1n) is 11.0. The highest BCUT2D eigenvalue weighted by Crippen LogP contribution is 2.26. The number of piperidine rings is 2. The molecule has 7 heteroatoms. The van der Waals surface area contributed by atoms with Gasteiger partial charge in [0.15, 0.2) is 0 Å². The Bertz CT molecular complexity index is 727. The average Bonchev–Trinajstić information content (AvgIpc) is 3.33. The number of aromatic nitrogens is 1. The lowest BCUT2D eigenvalue weighted by molar-refractivity contribution is -0.136. The maximum atomic E-state index is 12.8. The summed E-state index contributed by atoms with van der Waals surface area (Å²) in [5.41, 5.74) is 0.629. The molecule has 0 bridgehead atoms. The molecule has 1 atom stereocenters. The number of methoxy groups -OCH3 is 1. The van der Waals surface area contributed by atoms with E-state index in [9.17, 15) is 9.59 Å². The SMILES string of the molecule is COc1cc(C(=O)N2CCC(N3CCC[C@@H](C(=O)N4CCCC4)C3)CC2)ccn1. The van der Waals surface area contributed by atoms with Crippen molar-refractivity contribution in [2.75, 3.05) is 46.4 Å². The summed E-state index contributed by atoms with van der Waals surface area (Å²) in [5, 5.41) is 0. The van der Waals surface area contributed by atoms with Crippen molar-refractivity contribution in [2.45, 2.75) is 44.6 Å². The number of carbonyl (C=O) groups excluding carboxylic acids is 2. The third kappa shape index (κ3) is 4.55. The van der Waals surface area contributed by atoms with E-state index in [0.717, 1.165) is 77.8 Å². The van der Waals surface area contributed by atoms with Crippen molar-refractivity contribution in [1.82, 2.24) is 19.7 Å². The van der Waals surface area contributed by atoms with Gasteiger partial charge in [-0.3, -0.25) is 14.5 Å². The summed E-state index contributed by atoms with van der Waals surface area (Å²) in [6.07, 6.45) is 7.98. The first-order valence-corrected chi connectivity index (χ1v) is 11.0. The number of amides is 2. The number of ether oxygens (including phenoxy) is 1. The average molecular weight is 401 g/mol. The molecule has 3 saturated heterocycles. The standard InChI is InChI=1S/C22H32N4O3/c1-29-20-15-17(6-9-23-20)21(27)25-13-7-19(8-14-25)26-12-4-5-18(16-26)22(28)24-10-2-3-11-24/h6,9,15,18-19H,2-5,7-8,10-14,16H2,1H3/t18-/m1/s1. The lowest BCUT2D eigenvalue weighted by Crippen LogP contribution is -2.51. The number of nitrogens with zero attached hydrogens (tertiary/aromatic N) is 4. The highest BCUT2D eigenvalue weighted by Gasteiger charge is 2.34. The van der Waals surface area contributed by atoms with Crippen LogP contribution in [0.2, 0.25) is 0 Å². The number of hydrogen-bond acceptors (Lipinski definition) is 5. The molecular formula is C22H32N4O3. The first kappa shape index (κ1) is 20.1. The summed E-state index contributed by atoms with van der Waals surface area (Å²) in [5.74, 6) is 1.04. The van der Waals surface area contributed by atoms with Gasteiger partial charge in [0, 0.05) is 56.6 Å². The molecule has 0 aliphatic carbocycles. The number of pyridine rings is 1. The van der Waals surface area contributed by atoms with Crippen LogP contribution in [0.25, 0.3) is 0 Å². The summed E-state index contributed by atoms with van der Waals surface area (Å²) in [7, 11) is 1.56. The van der Waals surface area contributed by atoms with Gasteiger partial charge >= 0.3 is 0 Å². The van der Waals surface area contributed by atoms with Gasteiger partial charge in [0.2, 0.25) is 11.8 Å². The molecule has 3 aliphatic rings. The summed E-state index contributed by atoms with van der Waals surface area (Å²) >= 11 is 0. The van der Waals surface area contributed by atoms with Gasteiger partial charge in [-0.1, -0.05) is 0 Å². The van der Waals surface area contributed by atoms with Crippen LogP contribution in [0.4, 0.5) is 0 Å². The van der Waals surface area contributed by atoms with Crippen molar-refractivity contribution >= 4 is 11.8 Å².